The molecule has 2 heterocycles. The normalized spacial score (nSPS) is 10.2. The number of carbonyl (C=O) groups excluding carboxylic acids is 1. The quantitative estimate of drug-likeness (QED) is 0.884. The molecule has 0 fully saturated rings. The number of rotatable bonds is 3. The fourth-order valence-corrected chi connectivity index (χ4v) is 1.95. The molecule has 0 atom stereocenters. The number of halogens is 2. The number of aromatic nitrogens is 2. The van der Waals surface area contributed by atoms with Crippen LogP contribution in [0.25, 0.3) is 0 Å². The van der Waals surface area contributed by atoms with Crippen molar-refractivity contribution in [1.29, 1.82) is 0 Å². The van der Waals surface area contributed by atoms with Crippen LogP contribution >= 0.6 is 34.5 Å². The molecule has 1 N–H and O–H groups in total. The molecule has 17 heavy (non-hydrogen) atoms. The van der Waals surface area contributed by atoms with Gasteiger partial charge in [-0.05, 0) is 6.07 Å². The Bertz CT molecular complexity index is 530. The first-order chi connectivity index (χ1) is 8.16. The van der Waals surface area contributed by atoms with Gasteiger partial charge in [-0.2, -0.15) is 0 Å². The lowest BCUT2D eigenvalue weighted by atomic mass is 10.2. The number of nitrogens with zero attached hydrogens (tertiary/aromatic N) is 2. The van der Waals surface area contributed by atoms with Crippen LogP contribution in [0.3, 0.4) is 0 Å². The molecule has 0 aliphatic rings. The second kappa shape index (κ2) is 5.44. The van der Waals surface area contributed by atoms with E-state index in [0.717, 1.165) is 4.88 Å². The van der Waals surface area contributed by atoms with Crippen LogP contribution in [0.4, 0.5) is 0 Å². The van der Waals surface area contributed by atoms with Gasteiger partial charge in [0.2, 0.25) is 0 Å². The summed E-state index contributed by atoms with van der Waals surface area (Å²) in [6.45, 7) is 0.434. The molecule has 0 aliphatic heterocycles. The van der Waals surface area contributed by atoms with E-state index in [1.54, 1.807) is 11.7 Å². The van der Waals surface area contributed by atoms with Crippen molar-refractivity contribution in [3.8, 4) is 0 Å². The molecule has 88 valence electrons. The monoisotopic (exact) mass is 287 g/mol. The van der Waals surface area contributed by atoms with Gasteiger partial charge in [0.25, 0.3) is 5.91 Å². The van der Waals surface area contributed by atoms with E-state index in [0.29, 0.717) is 12.1 Å². The minimum absolute atomic E-state index is 0.186. The first-order valence-corrected chi connectivity index (χ1v) is 6.27. The lowest BCUT2D eigenvalue weighted by Crippen LogP contribution is -2.22. The molecule has 0 aromatic carbocycles. The topological polar surface area (TPSA) is 54.9 Å². The summed E-state index contributed by atoms with van der Waals surface area (Å²) in [5.74, 6) is -0.246. The average molecular weight is 288 g/mol. The third-order valence-corrected chi connectivity index (χ3v) is 3.43. The number of thiazole rings is 1. The van der Waals surface area contributed by atoms with E-state index in [2.05, 4.69) is 15.3 Å². The van der Waals surface area contributed by atoms with E-state index < -0.39 is 0 Å². The lowest BCUT2D eigenvalue weighted by Gasteiger charge is -2.03. The molecule has 2 rings (SSSR count). The van der Waals surface area contributed by atoms with Gasteiger partial charge >= 0.3 is 0 Å². The highest BCUT2D eigenvalue weighted by atomic mass is 35.5. The summed E-state index contributed by atoms with van der Waals surface area (Å²) in [4.78, 5) is 20.4. The molecular weight excluding hydrogens is 281 g/mol. The summed E-state index contributed by atoms with van der Waals surface area (Å²) in [6.07, 6.45) is 3.09. The number of amides is 1. The van der Waals surface area contributed by atoms with Crippen molar-refractivity contribution in [3.63, 3.8) is 0 Å². The number of pyridine rings is 1. The maximum Gasteiger partial charge on any atom is 0.253 e. The van der Waals surface area contributed by atoms with Crippen molar-refractivity contribution < 1.29 is 4.79 Å². The van der Waals surface area contributed by atoms with Gasteiger partial charge in [-0.15, -0.1) is 11.3 Å². The zero-order chi connectivity index (χ0) is 12.3. The smallest absolute Gasteiger partial charge is 0.253 e. The van der Waals surface area contributed by atoms with Gasteiger partial charge in [0.05, 0.1) is 22.6 Å². The van der Waals surface area contributed by atoms with Crippen LogP contribution in [0.2, 0.25) is 10.2 Å². The molecule has 0 unspecified atom stereocenters. The molecule has 0 saturated heterocycles. The maximum atomic E-state index is 11.7. The number of nitrogens with one attached hydrogen (secondary N) is 1. The fraction of sp³-hybridized carbons (Fsp3) is 0.100. The van der Waals surface area contributed by atoms with Crippen molar-refractivity contribution in [2.75, 3.05) is 0 Å². The standard InChI is InChI=1S/C10H7Cl2N3OS/c11-8-1-6(2-14-9(8)12)10(16)15-4-7-3-13-5-17-7/h1-3,5H,4H2,(H,15,16). The highest BCUT2D eigenvalue weighted by Gasteiger charge is 2.08. The molecule has 1 amide bonds. The van der Waals surface area contributed by atoms with Crippen molar-refractivity contribution in [1.82, 2.24) is 15.3 Å². The van der Waals surface area contributed by atoms with Crippen LogP contribution in [-0.4, -0.2) is 15.9 Å². The summed E-state index contributed by atoms with van der Waals surface area (Å²) >= 11 is 12.9. The number of hydrogen-bond acceptors (Lipinski definition) is 4. The summed E-state index contributed by atoms with van der Waals surface area (Å²) in [5.41, 5.74) is 2.09. The van der Waals surface area contributed by atoms with Gasteiger partial charge in [-0.3, -0.25) is 9.78 Å². The summed E-state index contributed by atoms with van der Waals surface area (Å²) < 4.78 is 0. The van der Waals surface area contributed by atoms with Gasteiger partial charge in [0.15, 0.2) is 0 Å². The Morgan fingerprint density at radius 3 is 2.88 bits per heavy atom. The van der Waals surface area contributed by atoms with E-state index in [-0.39, 0.29) is 16.1 Å². The zero-order valence-electron chi connectivity index (χ0n) is 8.48. The molecular formula is C10H7Cl2N3OS. The van der Waals surface area contributed by atoms with Gasteiger partial charge in [-0.25, -0.2) is 4.98 Å². The van der Waals surface area contributed by atoms with Crippen LogP contribution < -0.4 is 5.32 Å². The molecule has 0 spiro atoms. The third kappa shape index (κ3) is 3.15. The highest BCUT2D eigenvalue weighted by Crippen LogP contribution is 2.19. The van der Waals surface area contributed by atoms with Crippen molar-refractivity contribution in [3.05, 3.63) is 44.6 Å². The van der Waals surface area contributed by atoms with Crippen molar-refractivity contribution in [2.45, 2.75) is 6.54 Å². The molecule has 2 aromatic rings. The van der Waals surface area contributed by atoms with Crippen LogP contribution in [-0.2, 0) is 6.54 Å². The van der Waals surface area contributed by atoms with Gasteiger partial charge in [0.1, 0.15) is 5.15 Å². The van der Waals surface area contributed by atoms with Gasteiger partial charge < -0.3 is 5.32 Å². The first-order valence-electron chi connectivity index (χ1n) is 4.63. The minimum atomic E-state index is -0.246. The molecule has 0 radical (unpaired) electrons. The van der Waals surface area contributed by atoms with Crippen LogP contribution in [0.5, 0.6) is 0 Å². The first kappa shape index (κ1) is 12.3. The van der Waals surface area contributed by atoms with E-state index in [1.807, 2.05) is 0 Å². The van der Waals surface area contributed by atoms with Crippen LogP contribution in [0.1, 0.15) is 15.2 Å². The lowest BCUT2D eigenvalue weighted by molar-refractivity contribution is 0.0951. The predicted octanol–water partition coefficient (Wildman–Crippen LogP) is 2.77. The van der Waals surface area contributed by atoms with E-state index >= 15 is 0 Å². The van der Waals surface area contributed by atoms with E-state index in [4.69, 9.17) is 23.2 Å². The summed E-state index contributed by atoms with van der Waals surface area (Å²) in [7, 11) is 0. The van der Waals surface area contributed by atoms with Crippen molar-refractivity contribution >= 4 is 40.4 Å². The molecule has 0 aliphatic carbocycles. The van der Waals surface area contributed by atoms with E-state index in [9.17, 15) is 4.79 Å². The third-order valence-electron chi connectivity index (χ3n) is 1.97. The highest BCUT2D eigenvalue weighted by molar-refractivity contribution is 7.09. The minimum Gasteiger partial charge on any atom is -0.347 e. The van der Waals surface area contributed by atoms with E-state index in [1.165, 1.54) is 23.6 Å². The summed E-state index contributed by atoms with van der Waals surface area (Å²) in [5, 5.41) is 3.18. The van der Waals surface area contributed by atoms with Crippen LogP contribution in [0, 0.1) is 0 Å². The Balaban J connectivity index is 2.02. The Kier molecular flexibility index (Phi) is 3.93. The van der Waals surface area contributed by atoms with Crippen molar-refractivity contribution in [2.24, 2.45) is 0 Å². The fourth-order valence-electron chi connectivity index (χ4n) is 1.14. The predicted molar refractivity (Wildman–Crippen MR) is 67.5 cm³/mol. The van der Waals surface area contributed by atoms with Gasteiger partial charge in [-0.1, -0.05) is 23.2 Å². The molecule has 7 heteroatoms. The molecule has 2 aromatic heterocycles. The molecule has 0 bridgehead atoms. The number of carbonyl (C=O) groups is 1. The Hall–Kier alpha value is -1.17. The largest absolute Gasteiger partial charge is 0.347 e. The number of hydrogen-bond donors (Lipinski definition) is 1. The Morgan fingerprint density at radius 1 is 1.41 bits per heavy atom. The molecule has 0 saturated carbocycles. The van der Waals surface area contributed by atoms with Crippen LogP contribution in [0.15, 0.2) is 24.0 Å². The van der Waals surface area contributed by atoms with Gasteiger partial charge in [0, 0.05) is 17.3 Å². The zero-order valence-corrected chi connectivity index (χ0v) is 10.8. The average Bonchev–Trinajstić information content (AvgIpc) is 2.82. The Morgan fingerprint density at radius 2 is 2.24 bits per heavy atom. The second-order valence-corrected chi connectivity index (χ2v) is 4.88. The molecule has 4 nitrogen and oxygen atoms in total. The summed E-state index contributed by atoms with van der Waals surface area (Å²) in [6, 6.07) is 1.49. The second-order valence-electron chi connectivity index (χ2n) is 3.15. The Labute approximate surface area is 112 Å². The SMILES string of the molecule is O=C(NCc1cncs1)c1cnc(Cl)c(Cl)c1. The maximum absolute atomic E-state index is 11.7.